The Morgan fingerprint density at radius 3 is 2.34 bits per heavy atom. The van der Waals surface area contributed by atoms with Gasteiger partial charge in [0.05, 0.1) is 15.6 Å². The minimum absolute atomic E-state index is 0.108. The number of amides is 2. The van der Waals surface area contributed by atoms with Crippen LogP contribution in [0.3, 0.4) is 0 Å². The Balaban J connectivity index is 1.88. The van der Waals surface area contributed by atoms with Gasteiger partial charge in [-0.05, 0) is 57.0 Å². The van der Waals surface area contributed by atoms with Crippen LogP contribution in [0.15, 0.2) is 36.5 Å². The highest BCUT2D eigenvalue weighted by Gasteiger charge is 2.38. The predicted molar refractivity (Wildman–Crippen MR) is 127 cm³/mol. The van der Waals surface area contributed by atoms with Gasteiger partial charge in [0.25, 0.3) is 5.91 Å². The van der Waals surface area contributed by atoms with E-state index in [4.69, 9.17) is 27.9 Å². The number of nitrogens with zero attached hydrogens (tertiary/aromatic N) is 3. The number of alkyl halides is 3. The number of piperidine rings is 1. The average molecular weight is 532 g/mol. The summed E-state index contributed by atoms with van der Waals surface area (Å²) >= 11 is 12.3. The van der Waals surface area contributed by atoms with Crippen LogP contribution in [0.2, 0.25) is 10.0 Å². The van der Waals surface area contributed by atoms with Gasteiger partial charge >= 0.3 is 12.3 Å². The first kappa shape index (κ1) is 27.1. The third-order valence-corrected chi connectivity index (χ3v) is 6.47. The maximum atomic E-state index is 13.1. The molecule has 0 saturated carbocycles. The van der Waals surface area contributed by atoms with E-state index in [9.17, 15) is 22.8 Å². The third kappa shape index (κ3) is 6.58. The van der Waals surface area contributed by atoms with Gasteiger partial charge in [0.15, 0.2) is 0 Å². The van der Waals surface area contributed by atoms with E-state index in [0.29, 0.717) is 29.2 Å². The number of likely N-dealkylation sites (N-methyl/N-ethyl adjacent to an activating group) is 1. The van der Waals surface area contributed by atoms with Crippen LogP contribution in [0.4, 0.5) is 18.0 Å². The summed E-state index contributed by atoms with van der Waals surface area (Å²) in [4.78, 5) is 32.6. The van der Waals surface area contributed by atoms with Crippen LogP contribution in [0.25, 0.3) is 0 Å². The van der Waals surface area contributed by atoms with E-state index < -0.39 is 29.3 Å². The molecule has 2 aromatic rings. The molecule has 2 atom stereocenters. The highest BCUT2D eigenvalue weighted by Crippen LogP contribution is 2.35. The Kier molecular flexibility index (Phi) is 7.91. The summed E-state index contributed by atoms with van der Waals surface area (Å²) in [5.41, 5.74) is -0.953. The van der Waals surface area contributed by atoms with Crippen molar-refractivity contribution in [1.29, 1.82) is 0 Å². The summed E-state index contributed by atoms with van der Waals surface area (Å²) in [5, 5.41) is 0.695. The molecule has 1 aliphatic heterocycles. The lowest BCUT2D eigenvalue weighted by Gasteiger charge is -2.43. The van der Waals surface area contributed by atoms with Gasteiger partial charge in [-0.3, -0.25) is 9.78 Å². The lowest BCUT2D eigenvalue weighted by molar-refractivity contribution is -0.137. The molecule has 0 aliphatic carbocycles. The molecule has 6 nitrogen and oxygen atoms in total. The second-order valence-corrected chi connectivity index (χ2v) is 10.2. The normalized spacial score (nSPS) is 18.8. The van der Waals surface area contributed by atoms with Gasteiger partial charge in [-0.1, -0.05) is 29.3 Å². The first-order valence-electron chi connectivity index (χ1n) is 10.9. The molecule has 1 aromatic heterocycles. The summed E-state index contributed by atoms with van der Waals surface area (Å²) in [7, 11) is 1.57. The summed E-state index contributed by atoms with van der Waals surface area (Å²) in [6, 6.07) is 6.61. The highest BCUT2D eigenvalue weighted by molar-refractivity contribution is 6.42. The van der Waals surface area contributed by atoms with Crippen molar-refractivity contribution in [1.82, 2.24) is 14.8 Å². The number of likely N-dealkylation sites (tertiary alicyclic amines) is 1. The number of pyridine rings is 1. The van der Waals surface area contributed by atoms with Gasteiger partial charge in [0.2, 0.25) is 0 Å². The van der Waals surface area contributed by atoms with Gasteiger partial charge in [0, 0.05) is 38.3 Å². The predicted octanol–water partition coefficient (Wildman–Crippen LogP) is 6.27. The van der Waals surface area contributed by atoms with Gasteiger partial charge in [-0.15, -0.1) is 0 Å². The molecular weight excluding hydrogens is 506 g/mol. The minimum Gasteiger partial charge on any atom is -0.444 e. The van der Waals surface area contributed by atoms with Crippen molar-refractivity contribution in [3.05, 3.63) is 63.4 Å². The lowest BCUT2D eigenvalue weighted by atomic mass is 9.85. The number of benzene rings is 1. The van der Waals surface area contributed by atoms with Crippen molar-refractivity contribution >= 4 is 35.2 Å². The fraction of sp³-hybridized carbons (Fsp3) is 0.458. The zero-order valence-electron chi connectivity index (χ0n) is 19.7. The Morgan fingerprint density at radius 1 is 1.11 bits per heavy atom. The number of hydrogen-bond donors (Lipinski definition) is 0. The fourth-order valence-corrected chi connectivity index (χ4v) is 4.29. The van der Waals surface area contributed by atoms with Crippen LogP contribution in [0.5, 0.6) is 0 Å². The lowest BCUT2D eigenvalue weighted by Crippen LogP contribution is -2.52. The molecule has 0 radical (unpaired) electrons. The van der Waals surface area contributed by atoms with Crippen molar-refractivity contribution in [2.24, 2.45) is 0 Å². The largest absolute Gasteiger partial charge is 0.444 e. The zero-order valence-corrected chi connectivity index (χ0v) is 21.2. The van der Waals surface area contributed by atoms with Crippen LogP contribution in [-0.2, 0) is 10.9 Å². The molecule has 1 aromatic carbocycles. The zero-order chi connectivity index (χ0) is 26.1. The number of ether oxygens (including phenoxy) is 1. The summed E-state index contributed by atoms with van der Waals surface area (Å²) in [5.74, 6) is -0.881. The minimum atomic E-state index is -4.55. The van der Waals surface area contributed by atoms with E-state index in [1.165, 1.54) is 4.90 Å². The van der Waals surface area contributed by atoms with Crippen molar-refractivity contribution in [2.75, 3.05) is 20.1 Å². The third-order valence-electron chi connectivity index (χ3n) is 5.73. The van der Waals surface area contributed by atoms with Gasteiger partial charge in [0.1, 0.15) is 11.3 Å². The second-order valence-electron chi connectivity index (χ2n) is 9.41. The summed E-state index contributed by atoms with van der Waals surface area (Å²) < 4.78 is 44.1. The quantitative estimate of drug-likeness (QED) is 0.468. The number of carbonyl (C=O) groups excluding carboxylic acids is 2. The van der Waals surface area contributed by atoms with Gasteiger partial charge in [-0.25, -0.2) is 4.79 Å². The molecular formula is C24H26Cl2F3N3O3. The Morgan fingerprint density at radius 2 is 1.80 bits per heavy atom. The molecule has 35 heavy (non-hydrogen) atoms. The maximum absolute atomic E-state index is 13.1. The molecule has 0 bridgehead atoms. The van der Waals surface area contributed by atoms with Crippen LogP contribution < -0.4 is 0 Å². The average Bonchev–Trinajstić information content (AvgIpc) is 2.78. The molecule has 2 amide bonds. The summed E-state index contributed by atoms with van der Waals surface area (Å²) in [6.07, 6.45) is -3.97. The number of hydrogen-bond acceptors (Lipinski definition) is 4. The number of rotatable bonds is 3. The SMILES string of the molecule is CN(C(=O)c1ccc(C(F)(F)F)cn1)[C@@H]1CCN(C(=O)OC(C)(C)C)C[C@H]1c1ccc(Cl)c(Cl)c1. The molecule has 11 heteroatoms. The van der Waals surface area contributed by atoms with Crippen LogP contribution in [0.1, 0.15) is 54.7 Å². The van der Waals surface area contributed by atoms with E-state index in [-0.39, 0.29) is 24.2 Å². The van der Waals surface area contributed by atoms with E-state index in [2.05, 4.69) is 4.98 Å². The summed E-state index contributed by atoms with van der Waals surface area (Å²) in [6.45, 7) is 5.90. The molecule has 2 heterocycles. The first-order chi connectivity index (χ1) is 16.2. The maximum Gasteiger partial charge on any atom is 0.417 e. The van der Waals surface area contributed by atoms with Crippen molar-refractivity contribution in [3.63, 3.8) is 0 Å². The van der Waals surface area contributed by atoms with Crippen LogP contribution in [0, 0.1) is 0 Å². The molecule has 0 spiro atoms. The van der Waals surface area contributed by atoms with E-state index in [1.54, 1.807) is 50.9 Å². The first-order valence-corrected chi connectivity index (χ1v) is 11.7. The van der Waals surface area contributed by atoms with E-state index >= 15 is 0 Å². The number of carbonyl (C=O) groups is 2. The molecule has 1 aliphatic rings. The highest BCUT2D eigenvalue weighted by atomic mass is 35.5. The van der Waals surface area contributed by atoms with Crippen LogP contribution >= 0.6 is 23.2 Å². The van der Waals surface area contributed by atoms with E-state index in [0.717, 1.165) is 17.7 Å². The number of halogens is 5. The fourth-order valence-electron chi connectivity index (χ4n) is 3.99. The standard InChI is InChI=1S/C24H26Cl2F3N3O3/c1-23(2,3)35-22(34)32-10-9-20(16(13-32)14-5-7-17(25)18(26)11-14)31(4)21(33)19-8-6-15(12-30-19)24(27,28)29/h5-8,11-12,16,20H,9-10,13H2,1-4H3/t16-,20+/m0/s1. The van der Waals surface area contributed by atoms with Crippen molar-refractivity contribution in [2.45, 2.75) is 50.9 Å². The monoisotopic (exact) mass is 531 g/mol. The molecule has 1 saturated heterocycles. The Bertz CT molecular complexity index is 1090. The molecule has 0 unspecified atom stereocenters. The smallest absolute Gasteiger partial charge is 0.417 e. The molecule has 190 valence electrons. The van der Waals surface area contributed by atoms with Crippen LogP contribution in [-0.4, -0.2) is 58.6 Å². The van der Waals surface area contributed by atoms with Crippen molar-refractivity contribution < 1.29 is 27.5 Å². The topological polar surface area (TPSA) is 62.7 Å². The number of aromatic nitrogens is 1. The molecule has 0 N–H and O–H groups in total. The Labute approximate surface area is 212 Å². The van der Waals surface area contributed by atoms with Gasteiger partial charge < -0.3 is 14.5 Å². The molecule has 3 rings (SSSR count). The Hall–Kier alpha value is -2.52. The second kappa shape index (κ2) is 10.2. The van der Waals surface area contributed by atoms with Gasteiger partial charge in [-0.2, -0.15) is 13.2 Å². The van der Waals surface area contributed by atoms with E-state index in [1.807, 2.05) is 0 Å². The van der Waals surface area contributed by atoms with Crippen molar-refractivity contribution in [3.8, 4) is 0 Å². The molecule has 1 fully saturated rings.